The van der Waals surface area contributed by atoms with Crippen LogP contribution in [0.15, 0.2) is 47.5 Å². The number of hydrogen-bond donors (Lipinski definition) is 0. The molecule has 0 saturated carbocycles. The van der Waals surface area contributed by atoms with Crippen molar-refractivity contribution in [2.75, 3.05) is 0 Å². The minimum atomic E-state index is 0.0992. The zero-order valence-electron chi connectivity index (χ0n) is 26.5. The van der Waals surface area contributed by atoms with Gasteiger partial charge in [-0.05, 0) is 89.2 Å². The topological polar surface area (TPSA) is 0 Å². The average Bonchev–Trinajstić information content (AvgIpc) is 3.43. The third kappa shape index (κ3) is 6.47. The number of unbranched alkanes of at least 4 members (excludes halogenated alkanes) is 4. The van der Waals surface area contributed by atoms with Crippen molar-refractivity contribution in [2.24, 2.45) is 17.3 Å². The van der Waals surface area contributed by atoms with E-state index in [0.717, 1.165) is 0 Å². The molecule has 2 aromatic rings. The van der Waals surface area contributed by atoms with Gasteiger partial charge >= 0.3 is 0 Å². The molecular weight excluding hydrogens is 468 g/mol. The monoisotopic (exact) mass is 524 g/mol. The molecule has 0 spiro atoms. The van der Waals surface area contributed by atoms with Gasteiger partial charge in [-0.15, -0.1) is 0 Å². The molecule has 0 fully saturated rings. The van der Waals surface area contributed by atoms with Gasteiger partial charge in [0.15, 0.2) is 0 Å². The van der Waals surface area contributed by atoms with Crippen LogP contribution in [0, 0.1) is 17.3 Å². The van der Waals surface area contributed by atoms with Crippen LogP contribution in [0.1, 0.15) is 152 Å². The van der Waals surface area contributed by atoms with Crippen LogP contribution in [-0.4, -0.2) is 0 Å². The summed E-state index contributed by atoms with van der Waals surface area (Å²) in [6.45, 7) is 19.4. The Balaban J connectivity index is 1.79. The number of rotatable bonds is 14. The number of allylic oxidation sites excluding steroid dienone is 2. The van der Waals surface area contributed by atoms with E-state index in [1.165, 1.54) is 64.2 Å². The van der Waals surface area contributed by atoms with E-state index in [2.05, 4.69) is 104 Å². The molecule has 4 rings (SSSR count). The normalized spacial score (nSPS) is 18.5. The summed E-state index contributed by atoms with van der Waals surface area (Å²) in [6, 6.07) is 14.5. The molecule has 0 radical (unpaired) electrons. The number of aryl methyl sites for hydroxylation is 2. The lowest BCUT2D eigenvalue weighted by Gasteiger charge is -2.42. The molecule has 0 heteroatoms. The fourth-order valence-electron chi connectivity index (χ4n) is 7.85. The Hall–Kier alpha value is -2.08. The summed E-state index contributed by atoms with van der Waals surface area (Å²) in [6.07, 6.45) is 17.9. The molecule has 2 aliphatic rings. The molecule has 0 aliphatic heterocycles. The van der Waals surface area contributed by atoms with Crippen LogP contribution in [-0.2, 0) is 12.8 Å². The summed E-state index contributed by atoms with van der Waals surface area (Å²) in [7, 11) is 0. The summed E-state index contributed by atoms with van der Waals surface area (Å²) >= 11 is 0. The van der Waals surface area contributed by atoms with Crippen LogP contribution >= 0.6 is 0 Å². The van der Waals surface area contributed by atoms with E-state index in [1.807, 2.05) is 0 Å². The van der Waals surface area contributed by atoms with E-state index in [1.54, 1.807) is 44.5 Å². The van der Waals surface area contributed by atoms with E-state index in [-0.39, 0.29) is 5.41 Å². The van der Waals surface area contributed by atoms with Crippen molar-refractivity contribution in [3.8, 4) is 0 Å². The Labute approximate surface area is 241 Å². The maximum absolute atomic E-state index is 2.63. The molecule has 0 nitrogen and oxygen atoms in total. The lowest BCUT2D eigenvalue weighted by Crippen LogP contribution is -2.31. The highest BCUT2D eigenvalue weighted by Gasteiger charge is 2.47. The number of benzene rings is 2. The minimum absolute atomic E-state index is 0.0992. The molecule has 0 amide bonds. The number of fused-ring (bicyclic) bond motifs is 2. The first kappa shape index (κ1) is 29.9. The molecule has 0 heterocycles. The fraction of sp³-hybridized carbons (Fsp3) is 0.590. The van der Waals surface area contributed by atoms with E-state index in [0.29, 0.717) is 23.7 Å². The highest BCUT2D eigenvalue weighted by atomic mass is 14.5. The van der Waals surface area contributed by atoms with Gasteiger partial charge in [-0.2, -0.15) is 0 Å². The second-order valence-electron chi connectivity index (χ2n) is 14.1. The predicted molar refractivity (Wildman–Crippen MR) is 173 cm³/mol. The first-order chi connectivity index (χ1) is 18.7. The molecule has 0 aromatic heterocycles. The van der Waals surface area contributed by atoms with Crippen LogP contribution in [0.3, 0.4) is 0 Å². The van der Waals surface area contributed by atoms with Crippen molar-refractivity contribution in [2.45, 2.75) is 131 Å². The van der Waals surface area contributed by atoms with Gasteiger partial charge in [-0.3, -0.25) is 0 Å². The van der Waals surface area contributed by atoms with Gasteiger partial charge in [0.25, 0.3) is 0 Å². The molecule has 2 aromatic carbocycles. The summed E-state index contributed by atoms with van der Waals surface area (Å²) < 4.78 is 0. The summed E-state index contributed by atoms with van der Waals surface area (Å²) in [5.41, 5.74) is 12.9. The Morgan fingerprint density at radius 3 is 1.38 bits per heavy atom. The molecular formula is C39H56. The largest absolute Gasteiger partial charge is 0.0654 e. The molecule has 2 aliphatic carbocycles. The van der Waals surface area contributed by atoms with E-state index in [9.17, 15) is 0 Å². The first-order valence-electron chi connectivity index (χ1n) is 16.3. The smallest absolute Gasteiger partial charge is 0.0118 e. The van der Waals surface area contributed by atoms with Crippen LogP contribution in [0.2, 0.25) is 0 Å². The third-order valence-corrected chi connectivity index (χ3v) is 9.36. The van der Waals surface area contributed by atoms with Crippen LogP contribution in [0.25, 0.3) is 12.2 Å². The van der Waals surface area contributed by atoms with Crippen molar-refractivity contribution < 1.29 is 0 Å². The fourth-order valence-corrected chi connectivity index (χ4v) is 7.85. The van der Waals surface area contributed by atoms with Crippen molar-refractivity contribution in [3.63, 3.8) is 0 Å². The van der Waals surface area contributed by atoms with Gasteiger partial charge in [0, 0.05) is 11.8 Å². The second kappa shape index (κ2) is 13.1. The molecule has 2 unspecified atom stereocenters. The van der Waals surface area contributed by atoms with Gasteiger partial charge in [-0.25, -0.2) is 0 Å². The minimum Gasteiger partial charge on any atom is -0.0654 e. The van der Waals surface area contributed by atoms with Crippen LogP contribution in [0.4, 0.5) is 0 Å². The summed E-state index contributed by atoms with van der Waals surface area (Å²) in [5, 5.41) is 0. The molecule has 0 N–H and O–H groups in total. The Kier molecular flexibility index (Phi) is 10.0. The average molecular weight is 525 g/mol. The van der Waals surface area contributed by atoms with E-state index in [4.69, 9.17) is 0 Å². The maximum atomic E-state index is 2.63. The Morgan fingerprint density at radius 1 is 0.615 bits per heavy atom. The van der Waals surface area contributed by atoms with Crippen LogP contribution in [0.5, 0.6) is 0 Å². The van der Waals surface area contributed by atoms with Crippen molar-refractivity contribution in [3.05, 3.63) is 80.9 Å². The van der Waals surface area contributed by atoms with Gasteiger partial charge in [0.05, 0.1) is 0 Å². The Morgan fingerprint density at radius 2 is 1.03 bits per heavy atom. The predicted octanol–water partition coefficient (Wildman–Crippen LogP) is 11.9. The SMILES string of the molecule is CCCCCc1cccc2c1C=C(CC(C)C)C2C(C)(C)C1C(CC(C)C)=Cc2c(CCCCC)cccc21. The molecule has 39 heavy (non-hydrogen) atoms. The molecule has 2 atom stereocenters. The summed E-state index contributed by atoms with van der Waals surface area (Å²) in [5.74, 6) is 2.27. The van der Waals surface area contributed by atoms with Crippen molar-refractivity contribution in [1.82, 2.24) is 0 Å². The zero-order chi connectivity index (χ0) is 28.2. The lowest BCUT2D eigenvalue weighted by molar-refractivity contribution is 0.263. The number of hydrogen-bond acceptors (Lipinski definition) is 0. The van der Waals surface area contributed by atoms with E-state index < -0.39 is 0 Å². The van der Waals surface area contributed by atoms with Crippen molar-refractivity contribution >= 4 is 12.2 Å². The van der Waals surface area contributed by atoms with Gasteiger partial charge in [0.2, 0.25) is 0 Å². The van der Waals surface area contributed by atoms with Gasteiger partial charge < -0.3 is 0 Å². The molecule has 0 bridgehead atoms. The van der Waals surface area contributed by atoms with Gasteiger partial charge in [-0.1, -0.05) is 141 Å². The molecule has 212 valence electrons. The van der Waals surface area contributed by atoms with Crippen LogP contribution < -0.4 is 0 Å². The highest BCUT2D eigenvalue weighted by molar-refractivity contribution is 5.73. The highest BCUT2D eigenvalue weighted by Crippen LogP contribution is 2.60. The van der Waals surface area contributed by atoms with Crippen molar-refractivity contribution in [1.29, 1.82) is 0 Å². The first-order valence-corrected chi connectivity index (χ1v) is 16.3. The standard InChI is InChI=1S/C39H56/c1-9-11-13-17-29-19-15-21-33-35(29)25-31(23-27(3)4)37(33)39(7,8)38-32(24-28(5)6)26-36-30(18-14-12-10-2)20-16-22-34(36)38/h15-16,19-22,25-28,37-38H,9-14,17-18,23-24H2,1-8H3. The maximum Gasteiger partial charge on any atom is 0.0118 e. The second-order valence-corrected chi connectivity index (χ2v) is 14.1. The molecule has 0 saturated heterocycles. The third-order valence-electron chi connectivity index (χ3n) is 9.36. The summed E-state index contributed by atoms with van der Waals surface area (Å²) in [4.78, 5) is 0. The lowest BCUT2D eigenvalue weighted by atomic mass is 9.61. The van der Waals surface area contributed by atoms with E-state index >= 15 is 0 Å². The quantitative estimate of drug-likeness (QED) is 0.216. The Bertz CT molecular complexity index is 1080. The zero-order valence-corrected chi connectivity index (χ0v) is 26.5. The van der Waals surface area contributed by atoms with Gasteiger partial charge in [0.1, 0.15) is 0 Å².